The molecule has 33 heavy (non-hydrogen) atoms. The number of morpholine rings is 1. The van der Waals surface area contributed by atoms with Crippen LogP contribution >= 0.6 is 11.8 Å². The minimum absolute atomic E-state index is 0.288. The van der Waals surface area contributed by atoms with Crippen molar-refractivity contribution in [2.24, 2.45) is 0 Å². The molecule has 1 fully saturated rings. The van der Waals surface area contributed by atoms with E-state index in [1.807, 2.05) is 44.2 Å². The maximum Gasteiger partial charge on any atom is 0.324 e. The molecular formula is C25H29N3O4S. The van der Waals surface area contributed by atoms with E-state index in [-0.39, 0.29) is 18.2 Å². The minimum Gasteiger partial charge on any atom is -0.465 e. The molecule has 1 saturated heterocycles. The zero-order chi connectivity index (χ0) is 23.4. The highest BCUT2D eigenvalue weighted by Crippen LogP contribution is 2.43. The zero-order valence-corrected chi connectivity index (χ0v) is 20.1. The SMILES string of the molecule is CCOC(=O)C(Sc1nc(N2CCOCC2)c2c(c1C#N)CC(C)(C)OC2)c1ccccc1. The summed E-state index contributed by atoms with van der Waals surface area (Å²) in [5.74, 6) is 0.481. The Morgan fingerprint density at radius 3 is 2.67 bits per heavy atom. The molecule has 0 N–H and O–H groups in total. The zero-order valence-electron chi connectivity index (χ0n) is 19.3. The van der Waals surface area contributed by atoms with Gasteiger partial charge in [0.15, 0.2) is 0 Å². The summed E-state index contributed by atoms with van der Waals surface area (Å²) in [7, 11) is 0. The topological polar surface area (TPSA) is 84.7 Å². The van der Waals surface area contributed by atoms with Gasteiger partial charge in [-0.2, -0.15) is 5.26 Å². The third-order valence-electron chi connectivity index (χ3n) is 5.82. The predicted octanol–water partition coefficient (Wildman–Crippen LogP) is 4.04. The van der Waals surface area contributed by atoms with E-state index in [1.165, 1.54) is 11.8 Å². The molecule has 4 rings (SSSR count). The molecule has 2 aromatic rings. The third-order valence-corrected chi connectivity index (χ3v) is 7.04. The number of carbonyl (C=O) groups is 1. The van der Waals surface area contributed by atoms with Gasteiger partial charge in [-0.1, -0.05) is 42.1 Å². The standard InChI is InChI=1S/C25H29N3O4S/c1-4-31-24(29)21(17-8-6-5-7-9-17)33-23-19(15-26)18-14-25(2,3)32-16-20(18)22(27-23)28-10-12-30-13-11-28/h5-9,21H,4,10-14,16H2,1-3H3. The van der Waals surface area contributed by atoms with E-state index < -0.39 is 5.25 Å². The number of anilines is 1. The largest absolute Gasteiger partial charge is 0.465 e. The van der Waals surface area contributed by atoms with E-state index in [2.05, 4.69) is 11.0 Å². The first-order chi connectivity index (χ1) is 15.9. The van der Waals surface area contributed by atoms with Gasteiger partial charge in [0, 0.05) is 25.1 Å². The van der Waals surface area contributed by atoms with Gasteiger partial charge < -0.3 is 19.1 Å². The molecule has 1 unspecified atom stereocenters. The molecule has 2 aliphatic heterocycles. The van der Waals surface area contributed by atoms with Crippen LogP contribution in [-0.2, 0) is 32.0 Å². The van der Waals surface area contributed by atoms with Crippen LogP contribution in [0.3, 0.4) is 0 Å². The van der Waals surface area contributed by atoms with Crippen LogP contribution in [0.15, 0.2) is 35.4 Å². The lowest BCUT2D eigenvalue weighted by Crippen LogP contribution is -2.39. The summed E-state index contributed by atoms with van der Waals surface area (Å²) in [6, 6.07) is 11.9. The second-order valence-electron chi connectivity index (χ2n) is 8.67. The molecule has 174 valence electrons. The Morgan fingerprint density at radius 1 is 1.27 bits per heavy atom. The number of nitrogens with zero attached hydrogens (tertiary/aromatic N) is 3. The number of hydrogen-bond acceptors (Lipinski definition) is 8. The fraction of sp³-hybridized carbons (Fsp3) is 0.480. The highest BCUT2D eigenvalue weighted by Gasteiger charge is 2.35. The number of nitriles is 1. The van der Waals surface area contributed by atoms with Gasteiger partial charge in [-0.3, -0.25) is 4.79 Å². The molecule has 0 spiro atoms. The van der Waals surface area contributed by atoms with Crippen LogP contribution in [0.4, 0.5) is 5.82 Å². The van der Waals surface area contributed by atoms with Crippen molar-refractivity contribution in [3.05, 3.63) is 52.6 Å². The lowest BCUT2D eigenvalue weighted by atomic mass is 9.89. The number of thioether (sulfide) groups is 1. The van der Waals surface area contributed by atoms with Crippen molar-refractivity contribution in [3.8, 4) is 6.07 Å². The summed E-state index contributed by atoms with van der Waals surface area (Å²) < 4.78 is 17.0. The number of esters is 1. The van der Waals surface area contributed by atoms with E-state index in [0.717, 1.165) is 35.6 Å². The quantitative estimate of drug-likeness (QED) is 0.465. The maximum atomic E-state index is 12.9. The van der Waals surface area contributed by atoms with Crippen molar-refractivity contribution < 1.29 is 19.0 Å². The number of benzene rings is 1. The van der Waals surface area contributed by atoms with Crippen LogP contribution in [-0.4, -0.2) is 49.5 Å². The fourth-order valence-electron chi connectivity index (χ4n) is 4.17. The Hall–Kier alpha value is -2.60. The van der Waals surface area contributed by atoms with Crippen LogP contribution in [0.2, 0.25) is 0 Å². The number of hydrogen-bond donors (Lipinski definition) is 0. The smallest absolute Gasteiger partial charge is 0.324 e. The van der Waals surface area contributed by atoms with Crippen molar-refractivity contribution in [3.63, 3.8) is 0 Å². The summed E-state index contributed by atoms with van der Waals surface area (Å²) in [6.45, 7) is 9.24. The van der Waals surface area contributed by atoms with Gasteiger partial charge in [-0.15, -0.1) is 0 Å². The highest BCUT2D eigenvalue weighted by molar-refractivity contribution is 8.00. The van der Waals surface area contributed by atoms with Crippen LogP contribution in [0, 0.1) is 11.3 Å². The monoisotopic (exact) mass is 467 g/mol. The predicted molar refractivity (Wildman–Crippen MR) is 126 cm³/mol. The minimum atomic E-state index is -0.616. The van der Waals surface area contributed by atoms with Crippen LogP contribution in [0.1, 0.15) is 48.3 Å². The van der Waals surface area contributed by atoms with E-state index in [0.29, 0.717) is 36.8 Å². The van der Waals surface area contributed by atoms with Gasteiger partial charge in [0.1, 0.15) is 22.2 Å². The molecule has 0 aliphatic carbocycles. The molecule has 7 nitrogen and oxygen atoms in total. The van der Waals surface area contributed by atoms with Crippen LogP contribution in [0.5, 0.6) is 0 Å². The molecule has 0 amide bonds. The van der Waals surface area contributed by atoms with Gasteiger partial charge in [0.05, 0.1) is 37.6 Å². The van der Waals surface area contributed by atoms with Gasteiger partial charge in [0.2, 0.25) is 0 Å². The van der Waals surface area contributed by atoms with Gasteiger partial charge in [-0.25, -0.2) is 4.98 Å². The number of fused-ring (bicyclic) bond motifs is 1. The summed E-state index contributed by atoms with van der Waals surface area (Å²) >= 11 is 1.29. The number of aromatic nitrogens is 1. The molecule has 0 bridgehead atoms. The first-order valence-corrected chi connectivity index (χ1v) is 12.1. The molecule has 1 atom stereocenters. The van der Waals surface area contributed by atoms with E-state index in [1.54, 1.807) is 6.92 Å². The molecule has 2 aliphatic rings. The van der Waals surface area contributed by atoms with Crippen molar-refractivity contribution in [1.29, 1.82) is 5.26 Å². The Bertz CT molecular complexity index is 1050. The van der Waals surface area contributed by atoms with E-state index >= 15 is 0 Å². The lowest BCUT2D eigenvalue weighted by molar-refractivity contribution is -0.142. The highest BCUT2D eigenvalue weighted by atomic mass is 32.2. The molecule has 0 saturated carbocycles. The fourth-order valence-corrected chi connectivity index (χ4v) is 5.28. The number of ether oxygens (including phenoxy) is 3. The summed E-state index contributed by atoms with van der Waals surface area (Å²) in [4.78, 5) is 20.1. The molecule has 8 heteroatoms. The first kappa shape index (κ1) is 23.6. The van der Waals surface area contributed by atoms with Crippen molar-refractivity contribution in [2.45, 2.75) is 49.7 Å². The molecule has 1 aromatic carbocycles. The van der Waals surface area contributed by atoms with E-state index in [9.17, 15) is 10.1 Å². The molecular weight excluding hydrogens is 438 g/mol. The second-order valence-corrected chi connectivity index (χ2v) is 9.76. The third kappa shape index (κ3) is 5.16. The van der Waals surface area contributed by atoms with Crippen LogP contribution < -0.4 is 4.90 Å². The first-order valence-electron chi connectivity index (χ1n) is 11.2. The average Bonchev–Trinajstić information content (AvgIpc) is 2.82. The molecule has 3 heterocycles. The van der Waals surface area contributed by atoms with Crippen molar-refractivity contribution >= 4 is 23.5 Å². The Labute approximate surface area is 199 Å². The maximum absolute atomic E-state index is 12.9. The van der Waals surface area contributed by atoms with Crippen LogP contribution in [0.25, 0.3) is 0 Å². The Kier molecular flexibility index (Phi) is 7.23. The van der Waals surface area contributed by atoms with Gasteiger partial charge in [0.25, 0.3) is 0 Å². The second kappa shape index (κ2) is 10.1. The number of pyridine rings is 1. The van der Waals surface area contributed by atoms with E-state index in [4.69, 9.17) is 19.2 Å². The number of rotatable bonds is 6. The van der Waals surface area contributed by atoms with Crippen molar-refractivity contribution in [2.75, 3.05) is 37.8 Å². The van der Waals surface area contributed by atoms with Gasteiger partial charge >= 0.3 is 5.97 Å². The Morgan fingerprint density at radius 2 is 2.00 bits per heavy atom. The van der Waals surface area contributed by atoms with Crippen molar-refractivity contribution in [1.82, 2.24) is 4.98 Å². The molecule has 1 aromatic heterocycles. The Balaban J connectivity index is 1.82. The van der Waals surface area contributed by atoms with Gasteiger partial charge in [-0.05, 0) is 31.9 Å². The number of carbonyl (C=O) groups excluding carboxylic acids is 1. The summed E-state index contributed by atoms with van der Waals surface area (Å²) in [6.07, 6.45) is 0.605. The molecule has 0 radical (unpaired) electrons. The average molecular weight is 468 g/mol. The normalized spacial score (nSPS) is 18.2. The lowest BCUT2D eigenvalue weighted by Gasteiger charge is -2.37. The summed E-state index contributed by atoms with van der Waals surface area (Å²) in [5.41, 5.74) is 2.88. The summed E-state index contributed by atoms with van der Waals surface area (Å²) in [5, 5.41) is 10.1.